The Kier molecular flexibility index (Phi) is 4.77. The van der Waals surface area contributed by atoms with Crippen LogP contribution in [0.15, 0.2) is 10.9 Å². The molecule has 0 amide bonds. The molecule has 2 aromatic heterocycles. The van der Waals surface area contributed by atoms with E-state index in [-0.39, 0.29) is 6.04 Å². The van der Waals surface area contributed by atoms with Crippen LogP contribution in [-0.4, -0.2) is 30.2 Å². The summed E-state index contributed by atoms with van der Waals surface area (Å²) in [5, 5.41) is 6.77. The first kappa shape index (κ1) is 14.1. The quantitative estimate of drug-likeness (QED) is 0.834. The monoisotopic (exact) mass is 309 g/mol. The number of rotatable bonds is 6. The number of nitrogens with one attached hydrogen (secondary N) is 1. The van der Waals surface area contributed by atoms with Crippen molar-refractivity contribution in [1.29, 1.82) is 0 Å². The standard InChI is InChI=1S/C14H19N3OS2/c1-18-7-6-15-13(11-8-19-9-16-11)14-17-10-4-2-3-5-12(10)20-14/h8-9,13,15H,2-7H2,1H3. The van der Waals surface area contributed by atoms with Crippen molar-refractivity contribution in [3.8, 4) is 0 Å². The van der Waals surface area contributed by atoms with Crippen LogP contribution < -0.4 is 5.32 Å². The fraction of sp³-hybridized carbons (Fsp3) is 0.571. The summed E-state index contributed by atoms with van der Waals surface area (Å²) in [6, 6.07) is 0.104. The van der Waals surface area contributed by atoms with E-state index in [2.05, 4.69) is 15.7 Å². The highest BCUT2D eigenvalue weighted by Gasteiger charge is 2.23. The summed E-state index contributed by atoms with van der Waals surface area (Å²) in [7, 11) is 1.72. The number of hydrogen-bond acceptors (Lipinski definition) is 6. The molecule has 0 saturated carbocycles. The summed E-state index contributed by atoms with van der Waals surface area (Å²) >= 11 is 3.48. The normalized spacial score (nSPS) is 16.1. The van der Waals surface area contributed by atoms with Gasteiger partial charge in [0.05, 0.1) is 23.5 Å². The van der Waals surface area contributed by atoms with Gasteiger partial charge in [0.2, 0.25) is 0 Å². The molecule has 0 saturated heterocycles. The number of aryl methyl sites for hydroxylation is 2. The Morgan fingerprint density at radius 1 is 1.40 bits per heavy atom. The van der Waals surface area contributed by atoms with Crippen molar-refractivity contribution in [2.75, 3.05) is 20.3 Å². The first-order chi connectivity index (χ1) is 9.88. The Morgan fingerprint density at radius 3 is 3.05 bits per heavy atom. The highest BCUT2D eigenvalue weighted by molar-refractivity contribution is 7.12. The smallest absolute Gasteiger partial charge is 0.116 e. The SMILES string of the molecule is COCCNC(c1cscn1)c1nc2c(s1)CCCC2. The molecule has 0 aromatic carbocycles. The molecule has 20 heavy (non-hydrogen) atoms. The molecule has 0 aliphatic heterocycles. The van der Waals surface area contributed by atoms with Gasteiger partial charge in [-0.15, -0.1) is 22.7 Å². The molecule has 1 atom stereocenters. The van der Waals surface area contributed by atoms with Gasteiger partial charge < -0.3 is 10.1 Å². The Labute approximate surface area is 127 Å². The third-order valence-electron chi connectivity index (χ3n) is 3.51. The molecule has 0 bridgehead atoms. The van der Waals surface area contributed by atoms with E-state index in [1.165, 1.54) is 29.8 Å². The molecule has 2 aromatic rings. The van der Waals surface area contributed by atoms with Gasteiger partial charge in [-0.2, -0.15) is 0 Å². The van der Waals surface area contributed by atoms with Crippen LogP contribution in [0.4, 0.5) is 0 Å². The van der Waals surface area contributed by atoms with E-state index in [9.17, 15) is 0 Å². The summed E-state index contributed by atoms with van der Waals surface area (Å²) in [6.07, 6.45) is 4.89. The lowest BCUT2D eigenvalue weighted by atomic mass is 10.0. The second-order valence-electron chi connectivity index (χ2n) is 4.92. The zero-order valence-electron chi connectivity index (χ0n) is 11.6. The third-order valence-corrected chi connectivity index (χ3v) is 5.34. The lowest BCUT2D eigenvalue weighted by Gasteiger charge is -2.14. The van der Waals surface area contributed by atoms with Crippen LogP contribution in [0.5, 0.6) is 0 Å². The van der Waals surface area contributed by atoms with Crippen LogP contribution in [0.1, 0.15) is 40.2 Å². The van der Waals surface area contributed by atoms with Gasteiger partial charge in [-0.1, -0.05) is 0 Å². The number of methoxy groups -OCH3 is 1. The van der Waals surface area contributed by atoms with Crippen molar-refractivity contribution < 1.29 is 4.74 Å². The number of hydrogen-bond donors (Lipinski definition) is 1. The molecular weight excluding hydrogens is 290 g/mol. The van der Waals surface area contributed by atoms with Crippen molar-refractivity contribution in [1.82, 2.24) is 15.3 Å². The second-order valence-corrected chi connectivity index (χ2v) is 6.76. The average Bonchev–Trinajstić information content (AvgIpc) is 3.12. The molecule has 2 heterocycles. The van der Waals surface area contributed by atoms with Crippen LogP contribution >= 0.6 is 22.7 Å². The third kappa shape index (κ3) is 3.09. The molecule has 0 fully saturated rings. The van der Waals surface area contributed by atoms with E-state index in [0.29, 0.717) is 6.61 Å². The molecule has 0 spiro atoms. The maximum Gasteiger partial charge on any atom is 0.116 e. The van der Waals surface area contributed by atoms with E-state index >= 15 is 0 Å². The van der Waals surface area contributed by atoms with Gasteiger partial charge >= 0.3 is 0 Å². The minimum atomic E-state index is 0.104. The van der Waals surface area contributed by atoms with Gasteiger partial charge in [-0.25, -0.2) is 9.97 Å². The van der Waals surface area contributed by atoms with Gasteiger partial charge in [0.15, 0.2) is 0 Å². The summed E-state index contributed by atoms with van der Waals surface area (Å²) < 4.78 is 5.13. The van der Waals surface area contributed by atoms with Gasteiger partial charge in [0.1, 0.15) is 11.0 Å². The summed E-state index contributed by atoms with van der Waals surface area (Å²) in [6.45, 7) is 1.51. The minimum absolute atomic E-state index is 0.104. The van der Waals surface area contributed by atoms with Crippen molar-refractivity contribution in [2.24, 2.45) is 0 Å². The van der Waals surface area contributed by atoms with Crippen molar-refractivity contribution in [3.05, 3.63) is 32.2 Å². The summed E-state index contributed by atoms with van der Waals surface area (Å²) in [5.41, 5.74) is 4.26. The Hall–Kier alpha value is -0.820. The lowest BCUT2D eigenvalue weighted by molar-refractivity contribution is 0.197. The first-order valence-corrected chi connectivity index (χ1v) is 8.73. The Morgan fingerprint density at radius 2 is 2.30 bits per heavy atom. The van der Waals surface area contributed by atoms with Crippen LogP contribution in [0, 0.1) is 0 Å². The van der Waals surface area contributed by atoms with Gasteiger partial charge in [-0.05, 0) is 25.7 Å². The zero-order chi connectivity index (χ0) is 13.8. The topological polar surface area (TPSA) is 47.0 Å². The highest BCUT2D eigenvalue weighted by atomic mass is 32.1. The summed E-state index contributed by atoms with van der Waals surface area (Å²) in [5.74, 6) is 0. The first-order valence-electron chi connectivity index (χ1n) is 6.97. The van der Waals surface area contributed by atoms with E-state index < -0.39 is 0 Å². The van der Waals surface area contributed by atoms with Crippen LogP contribution in [0.25, 0.3) is 0 Å². The average molecular weight is 309 g/mol. The zero-order valence-corrected chi connectivity index (χ0v) is 13.2. The van der Waals surface area contributed by atoms with Crippen LogP contribution in [0.2, 0.25) is 0 Å². The lowest BCUT2D eigenvalue weighted by Crippen LogP contribution is -2.26. The number of thiazole rings is 2. The number of fused-ring (bicyclic) bond motifs is 1. The molecule has 1 aliphatic carbocycles. The van der Waals surface area contributed by atoms with Crippen LogP contribution in [0.3, 0.4) is 0 Å². The van der Waals surface area contributed by atoms with Gasteiger partial charge in [-0.3, -0.25) is 0 Å². The van der Waals surface area contributed by atoms with Gasteiger partial charge in [0, 0.05) is 23.9 Å². The van der Waals surface area contributed by atoms with Crippen molar-refractivity contribution in [2.45, 2.75) is 31.7 Å². The molecule has 6 heteroatoms. The number of nitrogens with zero attached hydrogens (tertiary/aromatic N) is 2. The molecule has 0 radical (unpaired) electrons. The highest BCUT2D eigenvalue weighted by Crippen LogP contribution is 2.32. The molecule has 3 rings (SSSR count). The Balaban J connectivity index is 1.82. The van der Waals surface area contributed by atoms with E-state index in [1.807, 2.05) is 16.8 Å². The van der Waals surface area contributed by atoms with E-state index in [0.717, 1.165) is 23.7 Å². The minimum Gasteiger partial charge on any atom is -0.383 e. The molecule has 1 aliphatic rings. The number of ether oxygens (including phenoxy) is 1. The summed E-state index contributed by atoms with van der Waals surface area (Å²) in [4.78, 5) is 10.8. The largest absolute Gasteiger partial charge is 0.383 e. The maximum atomic E-state index is 5.13. The fourth-order valence-electron chi connectivity index (χ4n) is 2.48. The molecule has 108 valence electrons. The molecule has 1 N–H and O–H groups in total. The maximum absolute atomic E-state index is 5.13. The van der Waals surface area contributed by atoms with Gasteiger partial charge in [0.25, 0.3) is 0 Å². The molecule has 4 nitrogen and oxygen atoms in total. The van der Waals surface area contributed by atoms with Crippen molar-refractivity contribution in [3.63, 3.8) is 0 Å². The molecule has 1 unspecified atom stereocenters. The predicted octanol–water partition coefficient (Wildman–Crippen LogP) is 2.80. The molecular formula is C14H19N3OS2. The Bertz CT molecular complexity index is 515. The fourth-order valence-corrected chi connectivity index (χ4v) is 4.31. The van der Waals surface area contributed by atoms with Crippen molar-refractivity contribution >= 4 is 22.7 Å². The predicted molar refractivity (Wildman–Crippen MR) is 82.6 cm³/mol. The van der Waals surface area contributed by atoms with Crippen LogP contribution in [-0.2, 0) is 17.6 Å². The second kappa shape index (κ2) is 6.76. The number of aromatic nitrogens is 2. The van der Waals surface area contributed by atoms with E-state index in [4.69, 9.17) is 9.72 Å². The van der Waals surface area contributed by atoms with E-state index in [1.54, 1.807) is 18.4 Å².